The minimum absolute atomic E-state index is 0.00446. The molecule has 1 aliphatic carbocycles. The number of aromatic nitrogens is 3. The lowest BCUT2D eigenvalue weighted by atomic mass is 9.74. The second-order valence-electron chi connectivity index (χ2n) is 12.4. The maximum absolute atomic E-state index is 16.7. The summed E-state index contributed by atoms with van der Waals surface area (Å²) in [6.07, 6.45) is -5.08. The average Bonchev–Trinajstić information content (AvgIpc) is 3.40. The summed E-state index contributed by atoms with van der Waals surface area (Å²) in [6, 6.07) is 0.776. The maximum atomic E-state index is 16.7. The highest BCUT2D eigenvalue weighted by Gasteiger charge is 2.52. The van der Waals surface area contributed by atoms with E-state index in [4.69, 9.17) is 26.8 Å². The molecule has 44 heavy (non-hydrogen) atoms. The molecule has 2 saturated heterocycles. The van der Waals surface area contributed by atoms with Crippen molar-refractivity contribution in [2.75, 3.05) is 44.0 Å². The van der Waals surface area contributed by atoms with Gasteiger partial charge in [-0.05, 0) is 37.9 Å². The lowest BCUT2D eigenvalue weighted by Crippen LogP contribution is -2.60. The van der Waals surface area contributed by atoms with Crippen molar-refractivity contribution < 1.29 is 35.8 Å². The van der Waals surface area contributed by atoms with Crippen LogP contribution in [0.2, 0.25) is 5.02 Å². The molecule has 0 unspecified atom stereocenters. The zero-order chi connectivity index (χ0) is 31.3. The molecule has 7 rings (SSSR count). The summed E-state index contributed by atoms with van der Waals surface area (Å²) < 4.78 is 100. The highest BCUT2D eigenvalue weighted by atomic mass is 35.5. The molecule has 3 fully saturated rings. The molecule has 0 bridgehead atoms. The summed E-state index contributed by atoms with van der Waals surface area (Å²) in [5.74, 6) is -1.51. The molecule has 1 saturated carbocycles. The first-order valence-corrected chi connectivity index (χ1v) is 14.7. The standard InChI is InChI=1S/C29H29ClF6N6O2/c1-13-6-16(37)38-22(19(13)29(34,35)36)17-20(30)24-18-23(21(17)33)39-26(44-11-27-4-3-5-42(27)10-15(32)9-27)40-25(18)41(2)28(12-43-24)7-14(31)8-28/h6,14-15H,3-5,7-12H2,1-2H3,(H2,37,38)/t14?,15-,27+,28?/m1/s1. The summed E-state index contributed by atoms with van der Waals surface area (Å²) in [6.45, 7) is 2.12. The van der Waals surface area contributed by atoms with Crippen molar-refractivity contribution in [3.05, 3.63) is 28.0 Å². The number of ether oxygens (including phenoxy) is 2. The van der Waals surface area contributed by atoms with E-state index in [-0.39, 0.29) is 73.4 Å². The van der Waals surface area contributed by atoms with Crippen LogP contribution in [0.3, 0.4) is 0 Å². The number of rotatable bonds is 4. The van der Waals surface area contributed by atoms with Gasteiger partial charge in [-0.25, -0.2) is 18.2 Å². The van der Waals surface area contributed by atoms with Crippen LogP contribution in [-0.2, 0) is 6.18 Å². The van der Waals surface area contributed by atoms with Crippen LogP contribution in [0.1, 0.15) is 43.2 Å². The fourth-order valence-corrected chi connectivity index (χ4v) is 7.78. The van der Waals surface area contributed by atoms with Crippen LogP contribution in [0.4, 0.5) is 38.0 Å². The van der Waals surface area contributed by atoms with Gasteiger partial charge in [0, 0.05) is 32.9 Å². The molecule has 0 amide bonds. The SMILES string of the molecule is Cc1cc(N)nc(-c2c(Cl)c3c4c(nc(OC[C@@]56CCCN5C[C@H](F)C6)nc4c2F)N(C)C2(CO3)CC(F)C2)c1C(F)(F)F. The van der Waals surface area contributed by atoms with E-state index < -0.39 is 62.8 Å². The van der Waals surface area contributed by atoms with Crippen molar-refractivity contribution in [2.24, 2.45) is 0 Å². The van der Waals surface area contributed by atoms with Crippen molar-refractivity contribution in [3.8, 4) is 23.0 Å². The first-order valence-electron chi connectivity index (χ1n) is 14.3. The molecule has 2 atom stereocenters. The zero-order valence-electron chi connectivity index (χ0n) is 23.9. The lowest BCUT2D eigenvalue weighted by Gasteiger charge is -2.49. The van der Waals surface area contributed by atoms with Crippen molar-refractivity contribution in [1.82, 2.24) is 19.9 Å². The van der Waals surface area contributed by atoms with Gasteiger partial charge < -0.3 is 20.1 Å². The van der Waals surface area contributed by atoms with E-state index >= 15 is 4.39 Å². The van der Waals surface area contributed by atoms with E-state index in [9.17, 15) is 22.0 Å². The monoisotopic (exact) mass is 642 g/mol. The van der Waals surface area contributed by atoms with Crippen molar-refractivity contribution in [2.45, 2.75) is 68.6 Å². The van der Waals surface area contributed by atoms with E-state index in [1.54, 1.807) is 11.9 Å². The van der Waals surface area contributed by atoms with Gasteiger partial charge in [-0.3, -0.25) is 4.90 Å². The van der Waals surface area contributed by atoms with Gasteiger partial charge in [-0.15, -0.1) is 0 Å². The molecule has 236 valence electrons. The number of halogens is 7. The number of nitrogens with zero attached hydrogens (tertiary/aromatic N) is 5. The summed E-state index contributed by atoms with van der Waals surface area (Å²) in [5, 5.41) is -0.469. The fraction of sp³-hybridized carbons (Fsp3) is 0.552. The molecular weight excluding hydrogens is 614 g/mol. The third-order valence-electron chi connectivity index (χ3n) is 9.65. The number of nitrogen functional groups attached to an aromatic ring is 1. The normalized spacial score (nSPS) is 28.2. The summed E-state index contributed by atoms with van der Waals surface area (Å²) in [7, 11) is 1.66. The van der Waals surface area contributed by atoms with Crippen LogP contribution in [0, 0.1) is 12.7 Å². The van der Waals surface area contributed by atoms with E-state index in [2.05, 4.69) is 15.0 Å². The summed E-state index contributed by atoms with van der Waals surface area (Å²) >= 11 is 6.69. The van der Waals surface area contributed by atoms with Crippen LogP contribution >= 0.6 is 11.6 Å². The van der Waals surface area contributed by atoms with E-state index in [0.717, 1.165) is 12.5 Å². The van der Waals surface area contributed by atoms with Gasteiger partial charge in [0.2, 0.25) is 0 Å². The van der Waals surface area contributed by atoms with E-state index in [1.807, 2.05) is 4.90 Å². The number of hydrogen-bond acceptors (Lipinski definition) is 8. The van der Waals surface area contributed by atoms with Crippen LogP contribution in [0.5, 0.6) is 11.8 Å². The van der Waals surface area contributed by atoms with Gasteiger partial charge in [0.05, 0.1) is 38.3 Å². The molecule has 5 heterocycles. The van der Waals surface area contributed by atoms with Gasteiger partial charge in [-0.2, -0.15) is 23.1 Å². The predicted molar refractivity (Wildman–Crippen MR) is 151 cm³/mol. The van der Waals surface area contributed by atoms with Crippen LogP contribution in [-0.4, -0.2) is 76.6 Å². The highest BCUT2D eigenvalue weighted by molar-refractivity contribution is 6.36. The molecular formula is C29H29ClF6N6O2. The van der Waals surface area contributed by atoms with Gasteiger partial charge in [-0.1, -0.05) is 11.6 Å². The molecule has 15 heteroatoms. The number of alkyl halides is 5. The second kappa shape index (κ2) is 9.87. The quantitative estimate of drug-likeness (QED) is 0.344. The Morgan fingerprint density at radius 2 is 1.91 bits per heavy atom. The highest BCUT2D eigenvalue weighted by Crippen LogP contribution is 2.53. The molecule has 1 spiro atoms. The van der Waals surface area contributed by atoms with Gasteiger partial charge >= 0.3 is 12.2 Å². The van der Waals surface area contributed by atoms with E-state index in [1.165, 1.54) is 6.92 Å². The zero-order valence-corrected chi connectivity index (χ0v) is 24.6. The number of benzene rings is 1. The van der Waals surface area contributed by atoms with Crippen LogP contribution in [0.15, 0.2) is 6.07 Å². The number of likely N-dealkylation sites (N-methyl/N-ethyl adjacent to an activating group) is 1. The molecule has 4 aliphatic rings. The molecule has 2 aromatic heterocycles. The number of anilines is 2. The third kappa shape index (κ3) is 4.34. The number of pyridine rings is 1. The van der Waals surface area contributed by atoms with Crippen molar-refractivity contribution >= 4 is 34.1 Å². The van der Waals surface area contributed by atoms with Gasteiger partial charge in [0.15, 0.2) is 11.6 Å². The Morgan fingerprint density at radius 1 is 1.16 bits per heavy atom. The Morgan fingerprint density at radius 3 is 2.61 bits per heavy atom. The van der Waals surface area contributed by atoms with Gasteiger partial charge in [0.25, 0.3) is 0 Å². The fourth-order valence-electron chi connectivity index (χ4n) is 7.45. The average molecular weight is 643 g/mol. The minimum atomic E-state index is -4.93. The Kier molecular flexibility index (Phi) is 6.61. The Hall–Kier alpha value is -3.26. The largest absolute Gasteiger partial charge is 0.489 e. The Bertz CT molecular complexity index is 1690. The molecule has 3 aliphatic heterocycles. The molecule has 2 N–H and O–H groups in total. The van der Waals surface area contributed by atoms with Crippen LogP contribution < -0.4 is 20.1 Å². The second-order valence-corrected chi connectivity index (χ2v) is 12.8. The maximum Gasteiger partial charge on any atom is 0.418 e. The topological polar surface area (TPSA) is 89.6 Å². The molecule has 0 radical (unpaired) electrons. The first kappa shape index (κ1) is 29.5. The molecule has 1 aromatic carbocycles. The van der Waals surface area contributed by atoms with Crippen molar-refractivity contribution in [1.29, 1.82) is 0 Å². The first-order chi connectivity index (χ1) is 20.7. The Balaban J connectivity index is 1.44. The molecule has 3 aromatic rings. The van der Waals surface area contributed by atoms with E-state index in [0.29, 0.717) is 13.0 Å². The summed E-state index contributed by atoms with van der Waals surface area (Å²) in [4.78, 5) is 16.5. The number of nitrogens with two attached hydrogens (primary N) is 1. The number of fused-ring (bicyclic) bond motifs is 1. The minimum Gasteiger partial charge on any atom is -0.489 e. The predicted octanol–water partition coefficient (Wildman–Crippen LogP) is 6.05. The number of aryl methyl sites for hydroxylation is 1. The smallest absolute Gasteiger partial charge is 0.418 e. The third-order valence-corrected chi connectivity index (χ3v) is 10.0. The summed E-state index contributed by atoms with van der Waals surface area (Å²) in [5.41, 5.74) is 0.957. The molecule has 8 nitrogen and oxygen atoms in total. The number of hydrogen-bond donors (Lipinski definition) is 1. The van der Waals surface area contributed by atoms with Crippen molar-refractivity contribution in [3.63, 3.8) is 0 Å². The lowest BCUT2D eigenvalue weighted by molar-refractivity contribution is -0.137. The van der Waals surface area contributed by atoms with Crippen LogP contribution in [0.25, 0.3) is 22.2 Å². The Labute approximate surface area is 253 Å². The van der Waals surface area contributed by atoms with Gasteiger partial charge in [0.1, 0.15) is 42.7 Å².